The van der Waals surface area contributed by atoms with Crippen LogP contribution in [-0.2, 0) is 35.6 Å². The first-order chi connectivity index (χ1) is 18.4. The van der Waals surface area contributed by atoms with Gasteiger partial charge >= 0.3 is 5.97 Å². The van der Waals surface area contributed by atoms with Crippen molar-refractivity contribution >= 4 is 39.2 Å². The number of sulfonamides is 1. The van der Waals surface area contributed by atoms with Gasteiger partial charge in [0.1, 0.15) is 5.60 Å². The van der Waals surface area contributed by atoms with E-state index in [-0.39, 0.29) is 29.9 Å². The second-order valence-electron chi connectivity index (χ2n) is 10.6. The van der Waals surface area contributed by atoms with Crippen LogP contribution >= 0.6 is 23.2 Å². The Bertz CT molecular complexity index is 1230. The highest BCUT2D eigenvalue weighted by Gasteiger charge is 2.28. The second-order valence-corrected chi connectivity index (χ2v) is 13.2. The van der Waals surface area contributed by atoms with Crippen LogP contribution in [-0.4, -0.2) is 71.5 Å². The summed E-state index contributed by atoms with van der Waals surface area (Å²) in [5, 5.41) is 1.18. The summed E-state index contributed by atoms with van der Waals surface area (Å²) in [5.41, 5.74) is 2.42. The van der Waals surface area contributed by atoms with Crippen molar-refractivity contribution in [3.05, 3.63) is 63.1 Å². The SMILES string of the molecule is CN1Cc2c(Cl)cc(Cl)cc2[C@H](c2cccc(S(=O)(=O)NCCOCCOCCCC(=O)OC(C)(C)C)c2)C1. The number of ether oxygens (including phenoxy) is 3. The Balaban J connectivity index is 1.44. The van der Waals surface area contributed by atoms with Crippen LogP contribution in [0.3, 0.4) is 0 Å². The van der Waals surface area contributed by atoms with Crippen molar-refractivity contribution in [2.75, 3.05) is 46.6 Å². The van der Waals surface area contributed by atoms with Crippen LogP contribution in [0, 0.1) is 0 Å². The Kier molecular flexibility index (Phi) is 11.6. The van der Waals surface area contributed by atoms with Crippen LogP contribution in [0.4, 0.5) is 0 Å². The summed E-state index contributed by atoms with van der Waals surface area (Å²) in [7, 11) is -1.71. The van der Waals surface area contributed by atoms with Gasteiger partial charge in [0.25, 0.3) is 0 Å². The van der Waals surface area contributed by atoms with Crippen LogP contribution in [0.25, 0.3) is 0 Å². The Hall–Kier alpha value is -1.72. The molecule has 1 aliphatic heterocycles. The summed E-state index contributed by atoms with van der Waals surface area (Å²) in [6.45, 7) is 8.36. The maximum absolute atomic E-state index is 13.0. The van der Waals surface area contributed by atoms with Gasteiger partial charge in [-0.2, -0.15) is 0 Å². The molecule has 2 aromatic carbocycles. The third-order valence-electron chi connectivity index (χ3n) is 6.06. The lowest BCUT2D eigenvalue weighted by molar-refractivity contribution is -0.155. The van der Waals surface area contributed by atoms with Crippen LogP contribution in [0.5, 0.6) is 0 Å². The van der Waals surface area contributed by atoms with Crippen LogP contribution in [0.15, 0.2) is 41.3 Å². The number of halogens is 2. The van der Waals surface area contributed by atoms with E-state index in [1.165, 1.54) is 0 Å². The molecule has 0 fully saturated rings. The van der Waals surface area contributed by atoms with Gasteiger partial charge in [0.15, 0.2) is 0 Å². The molecule has 2 aromatic rings. The highest BCUT2D eigenvalue weighted by molar-refractivity contribution is 7.89. The molecule has 216 valence electrons. The van der Waals surface area contributed by atoms with Crippen molar-refractivity contribution in [1.29, 1.82) is 0 Å². The topological polar surface area (TPSA) is 94.2 Å². The highest BCUT2D eigenvalue weighted by atomic mass is 35.5. The van der Waals surface area contributed by atoms with Crippen molar-refractivity contribution < 1.29 is 27.4 Å². The monoisotopic (exact) mass is 600 g/mol. The lowest BCUT2D eigenvalue weighted by Crippen LogP contribution is -2.31. The molecule has 0 saturated carbocycles. The van der Waals surface area contributed by atoms with Gasteiger partial charge in [0.2, 0.25) is 10.0 Å². The number of hydrogen-bond acceptors (Lipinski definition) is 7. The lowest BCUT2D eigenvalue weighted by atomic mass is 9.85. The Labute approximate surface area is 242 Å². The normalized spacial score (nSPS) is 16.2. The number of likely N-dealkylation sites (N-methyl/N-ethyl adjacent to an activating group) is 1. The van der Waals surface area contributed by atoms with E-state index in [9.17, 15) is 13.2 Å². The molecule has 0 amide bonds. The Morgan fingerprint density at radius 1 is 1.08 bits per heavy atom. The van der Waals surface area contributed by atoms with Crippen molar-refractivity contribution in [2.24, 2.45) is 0 Å². The van der Waals surface area contributed by atoms with E-state index >= 15 is 0 Å². The third kappa shape index (κ3) is 10.0. The van der Waals surface area contributed by atoms with E-state index in [0.717, 1.165) is 23.2 Å². The summed E-state index contributed by atoms with van der Waals surface area (Å²) < 4.78 is 44.7. The molecule has 1 atom stereocenters. The average Bonchev–Trinajstić information content (AvgIpc) is 2.84. The van der Waals surface area contributed by atoms with E-state index in [1.807, 2.05) is 40.0 Å². The molecular weight excluding hydrogens is 563 g/mol. The van der Waals surface area contributed by atoms with Crippen LogP contribution < -0.4 is 4.72 Å². The van der Waals surface area contributed by atoms with Gasteiger partial charge in [-0.3, -0.25) is 4.79 Å². The number of benzene rings is 2. The predicted octanol–water partition coefficient (Wildman–Crippen LogP) is 5.00. The molecule has 0 aliphatic carbocycles. The zero-order chi connectivity index (χ0) is 28.6. The Morgan fingerprint density at radius 2 is 1.79 bits per heavy atom. The number of hydrogen-bond donors (Lipinski definition) is 1. The molecule has 39 heavy (non-hydrogen) atoms. The number of carbonyl (C=O) groups excluding carboxylic acids is 1. The lowest BCUT2D eigenvalue weighted by Gasteiger charge is -2.33. The maximum atomic E-state index is 13.0. The summed E-state index contributed by atoms with van der Waals surface area (Å²) in [6, 6.07) is 10.6. The molecule has 0 bridgehead atoms. The van der Waals surface area contributed by atoms with Crippen molar-refractivity contribution in [1.82, 2.24) is 9.62 Å². The van der Waals surface area contributed by atoms with Gasteiger partial charge < -0.3 is 19.1 Å². The molecular formula is C28H38Cl2N2O6S. The minimum absolute atomic E-state index is 0.0578. The molecule has 0 spiro atoms. The summed E-state index contributed by atoms with van der Waals surface area (Å²) >= 11 is 12.8. The maximum Gasteiger partial charge on any atom is 0.306 e. The second kappa shape index (κ2) is 14.3. The van der Waals surface area contributed by atoms with Gasteiger partial charge in [-0.05, 0) is 75.2 Å². The fourth-order valence-corrected chi connectivity index (χ4v) is 6.03. The van der Waals surface area contributed by atoms with Gasteiger partial charge in [0.05, 0.1) is 24.7 Å². The van der Waals surface area contributed by atoms with Crippen molar-refractivity contribution in [3.63, 3.8) is 0 Å². The molecule has 3 rings (SSSR count). The summed E-state index contributed by atoms with van der Waals surface area (Å²) in [5.74, 6) is -0.303. The van der Waals surface area contributed by atoms with Gasteiger partial charge in [-0.1, -0.05) is 35.3 Å². The molecule has 8 nitrogen and oxygen atoms in total. The fraction of sp³-hybridized carbons (Fsp3) is 0.536. The first kappa shape index (κ1) is 31.8. The molecule has 0 saturated heterocycles. The Morgan fingerprint density at radius 3 is 2.51 bits per heavy atom. The average molecular weight is 602 g/mol. The molecule has 1 N–H and O–H groups in total. The molecule has 0 aromatic heterocycles. The minimum atomic E-state index is -3.73. The van der Waals surface area contributed by atoms with Crippen LogP contribution in [0.2, 0.25) is 10.0 Å². The van der Waals surface area contributed by atoms with Crippen LogP contribution in [0.1, 0.15) is 56.2 Å². The quantitative estimate of drug-likeness (QED) is 0.255. The van der Waals surface area contributed by atoms with Gasteiger partial charge in [-0.15, -0.1) is 0 Å². The third-order valence-corrected chi connectivity index (χ3v) is 8.08. The zero-order valence-corrected chi connectivity index (χ0v) is 25.3. The first-order valence-corrected chi connectivity index (χ1v) is 15.2. The number of rotatable bonds is 13. The van der Waals surface area contributed by atoms with E-state index in [2.05, 4.69) is 9.62 Å². The minimum Gasteiger partial charge on any atom is -0.460 e. The molecule has 1 aliphatic rings. The summed E-state index contributed by atoms with van der Waals surface area (Å²) in [4.78, 5) is 14.0. The van der Waals surface area contributed by atoms with Gasteiger partial charge in [-0.25, -0.2) is 13.1 Å². The molecule has 0 radical (unpaired) electrons. The van der Waals surface area contributed by atoms with Crippen molar-refractivity contribution in [3.8, 4) is 0 Å². The molecule has 0 unspecified atom stereocenters. The first-order valence-electron chi connectivity index (χ1n) is 13.0. The number of nitrogens with one attached hydrogen (secondary N) is 1. The standard InChI is InChI=1S/C28H38Cl2N2O6S/c1-28(2,3)38-27(33)9-6-11-36-13-14-37-12-10-31-39(34,35)22-8-5-7-20(15-22)24-18-32(4)19-25-23(24)16-21(29)17-26(25)30/h5,7-8,15-17,24,31H,6,9-14,18-19H2,1-4H3/t24-/m0/s1. The zero-order valence-electron chi connectivity index (χ0n) is 23.0. The number of nitrogens with zero attached hydrogens (tertiary/aromatic N) is 1. The van der Waals surface area contributed by atoms with E-state index in [1.54, 1.807) is 24.3 Å². The van der Waals surface area contributed by atoms with E-state index < -0.39 is 15.6 Å². The molecule has 1 heterocycles. The number of carbonyl (C=O) groups is 1. The predicted molar refractivity (Wildman–Crippen MR) is 153 cm³/mol. The van der Waals surface area contributed by atoms with Crippen molar-refractivity contribution in [2.45, 2.75) is 56.6 Å². The highest BCUT2D eigenvalue weighted by Crippen LogP contribution is 2.38. The smallest absolute Gasteiger partial charge is 0.306 e. The summed E-state index contributed by atoms with van der Waals surface area (Å²) in [6.07, 6.45) is 0.864. The fourth-order valence-electron chi connectivity index (χ4n) is 4.39. The van der Waals surface area contributed by atoms with E-state index in [0.29, 0.717) is 49.3 Å². The van der Waals surface area contributed by atoms with Gasteiger partial charge in [0, 0.05) is 48.6 Å². The largest absolute Gasteiger partial charge is 0.460 e. The number of fused-ring (bicyclic) bond motifs is 1. The van der Waals surface area contributed by atoms with E-state index in [4.69, 9.17) is 37.4 Å². The number of esters is 1. The molecule has 11 heteroatoms.